The number of fused-ring (bicyclic) bond motifs is 2. The van der Waals surface area contributed by atoms with Crippen molar-refractivity contribution < 1.29 is 9.59 Å². The maximum Gasteiger partial charge on any atom is 0.257 e. The van der Waals surface area contributed by atoms with Gasteiger partial charge in [-0.1, -0.05) is 12.1 Å². The largest absolute Gasteiger partial charge is 0.352 e. The van der Waals surface area contributed by atoms with E-state index >= 15 is 0 Å². The molecule has 3 aromatic rings. The van der Waals surface area contributed by atoms with Gasteiger partial charge in [0.2, 0.25) is 0 Å². The van der Waals surface area contributed by atoms with Crippen LogP contribution < -0.4 is 10.6 Å². The van der Waals surface area contributed by atoms with E-state index in [2.05, 4.69) is 10.6 Å². The molecule has 2 N–H and O–H groups in total. The normalized spacial score (nSPS) is 13.5. The summed E-state index contributed by atoms with van der Waals surface area (Å²) in [6.07, 6.45) is 4.48. The molecule has 0 bridgehead atoms. The van der Waals surface area contributed by atoms with Crippen molar-refractivity contribution in [3.63, 3.8) is 0 Å². The Hall–Kier alpha value is -3.08. The molecule has 0 spiro atoms. The predicted molar refractivity (Wildman–Crippen MR) is 87.8 cm³/mol. The lowest BCUT2D eigenvalue weighted by atomic mass is 9.98. The summed E-state index contributed by atoms with van der Waals surface area (Å²) in [4.78, 5) is 24.5. The average Bonchev–Trinajstić information content (AvgIpc) is 3.00. The van der Waals surface area contributed by atoms with Crippen molar-refractivity contribution in [3.05, 3.63) is 71.5 Å². The Morgan fingerprint density at radius 2 is 2.00 bits per heavy atom. The van der Waals surface area contributed by atoms with E-state index in [1.165, 1.54) is 0 Å². The zero-order valence-corrected chi connectivity index (χ0v) is 12.4. The van der Waals surface area contributed by atoms with Crippen LogP contribution in [0.3, 0.4) is 0 Å². The Bertz CT molecular complexity index is 927. The first-order chi connectivity index (χ1) is 11.2. The number of anilines is 1. The van der Waals surface area contributed by atoms with Gasteiger partial charge >= 0.3 is 0 Å². The van der Waals surface area contributed by atoms with E-state index in [9.17, 15) is 9.59 Å². The molecule has 5 nitrogen and oxygen atoms in total. The molecule has 114 valence electrons. The molecular formula is C18H15N3O2. The van der Waals surface area contributed by atoms with Crippen molar-refractivity contribution in [1.82, 2.24) is 9.72 Å². The number of rotatable bonds is 2. The zero-order chi connectivity index (χ0) is 15.8. The Morgan fingerprint density at radius 1 is 1.09 bits per heavy atom. The minimum absolute atomic E-state index is 0.0864. The Kier molecular flexibility index (Phi) is 3.12. The molecule has 0 fully saturated rings. The van der Waals surface area contributed by atoms with Crippen LogP contribution in [0.2, 0.25) is 0 Å². The van der Waals surface area contributed by atoms with Crippen molar-refractivity contribution in [2.45, 2.75) is 6.42 Å². The van der Waals surface area contributed by atoms with Crippen LogP contribution in [0.25, 0.3) is 5.52 Å². The van der Waals surface area contributed by atoms with Crippen LogP contribution >= 0.6 is 0 Å². The minimum atomic E-state index is -0.168. The van der Waals surface area contributed by atoms with Crippen LogP contribution in [0.5, 0.6) is 0 Å². The van der Waals surface area contributed by atoms with Crippen LogP contribution in [-0.4, -0.2) is 22.8 Å². The number of nitrogens with one attached hydrogen (secondary N) is 2. The van der Waals surface area contributed by atoms with Crippen LogP contribution in [0.1, 0.15) is 26.3 Å². The molecule has 1 aliphatic heterocycles. The van der Waals surface area contributed by atoms with Gasteiger partial charge in [-0.2, -0.15) is 0 Å². The van der Waals surface area contributed by atoms with Gasteiger partial charge in [-0.3, -0.25) is 9.59 Å². The minimum Gasteiger partial charge on any atom is -0.352 e. The third kappa shape index (κ3) is 2.26. The highest BCUT2D eigenvalue weighted by Gasteiger charge is 2.20. The highest BCUT2D eigenvalue weighted by molar-refractivity contribution is 6.10. The molecule has 5 heteroatoms. The Morgan fingerprint density at radius 3 is 2.91 bits per heavy atom. The van der Waals surface area contributed by atoms with E-state index < -0.39 is 0 Å². The number of aromatic nitrogens is 1. The fourth-order valence-electron chi connectivity index (χ4n) is 3.02. The first kappa shape index (κ1) is 13.6. The number of benzene rings is 1. The lowest BCUT2D eigenvalue weighted by Gasteiger charge is -2.19. The summed E-state index contributed by atoms with van der Waals surface area (Å²) >= 11 is 0. The molecule has 0 saturated heterocycles. The zero-order valence-electron chi connectivity index (χ0n) is 12.4. The fourth-order valence-corrected chi connectivity index (χ4v) is 3.02. The Labute approximate surface area is 132 Å². The highest BCUT2D eigenvalue weighted by Crippen LogP contribution is 2.24. The van der Waals surface area contributed by atoms with Crippen molar-refractivity contribution in [3.8, 4) is 0 Å². The van der Waals surface area contributed by atoms with Crippen LogP contribution in [0.4, 0.5) is 5.69 Å². The van der Waals surface area contributed by atoms with Gasteiger partial charge in [0.05, 0.1) is 11.1 Å². The van der Waals surface area contributed by atoms with Gasteiger partial charge < -0.3 is 15.0 Å². The number of amides is 2. The van der Waals surface area contributed by atoms with Gasteiger partial charge in [0.15, 0.2) is 0 Å². The maximum atomic E-state index is 12.6. The average molecular weight is 305 g/mol. The smallest absolute Gasteiger partial charge is 0.257 e. The van der Waals surface area contributed by atoms with Gasteiger partial charge in [0.1, 0.15) is 0 Å². The maximum absolute atomic E-state index is 12.6. The summed E-state index contributed by atoms with van der Waals surface area (Å²) < 4.78 is 1.91. The quantitative estimate of drug-likeness (QED) is 0.764. The number of carbonyl (C=O) groups is 2. The van der Waals surface area contributed by atoms with Crippen molar-refractivity contribution in [2.24, 2.45) is 0 Å². The molecule has 1 aliphatic rings. The van der Waals surface area contributed by atoms with Gasteiger partial charge in [-0.05, 0) is 42.3 Å². The van der Waals surface area contributed by atoms with Gasteiger partial charge in [0, 0.05) is 30.2 Å². The number of hydrogen-bond donors (Lipinski definition) is 2. The number of pyridine rings is 1. The molecule has 0 unspecified atom stereocenters. The van der Waals surface area contributed by atoms with E-state index in [4.69, 9.17) is 0 Å². The summed E-state index contributed by atoms with van der Waals surface area (Å²) in [7, 11) is 0. The van der Waals surface area contributed by atoms with E-state index in [0.29, 0.717) is 29.8 Å². The number of nitrogens with zero attached hydrogens (tertiary/aromatic N) is 1. The monoisotopic (exact) mass is 305 g/mol. The third-order valence-corrected chi connectivity index (χ3v) is 4.14. The second-order valence-electron chi connectivity index (χ2n) is 5.51. The summed E-state index contributed by atoms with van der Waals surface area (Å²) in [6.45, 7) is 0.591. The molecular weight excluding hydrogens is 290 g/mol. The van der Waals surface area contributed by atoms with E-state index in [1.54, 1.807) is 18.2 Å². The van der Waals surface area contributed by atoms with Crippen molar-refractivity contribution in [1.29, 1.82) is 0 Å². The van der Waals surface area contributed by atoms with Crippen LogP contribution in [0, 0.1) is 0 Å². The first-order valence-corrected chi connectivity index (χ1v) is 7.51. The lowest BCUT2D eigenvalue weighted by molar-refractivity contribution is 0.0944. The van der Waals surface area contributed by atoms with E-state index in [1.807, 2.05) is 41.1 Å². The number of hydrogen-bond acceptors (Lipinski definition) is 2. The summed E-state index contributed by atoms with van der Waals surface area (Å²) in [5.41, 5.74) is 3.71. The van der Waals surface area contributed by atoms with Crippen molar-refractivity contribution in [2.75, 3.05) is 11.9 Å². The summed E-state index contributed by atoms with van der Waals surface area (Å²) in [5.74, 6) is -0.255. The molecule has 0 saturated carbocycles. The predicted octanol–water partition coefficient (Wildman–Crippen LogP) is 2.48. The Balaban J connectivity index is 1.70. The molecule has 0 atom stereocenters. The second kappa shape index (κ2) is 5.28. The molecule has 1 aromatic carbocycles. The molecule has 2 amide bonds. The molecule has 23 heavy (non-hydrogen) atoms. The van der Waals surface area contributed by atoms with Gasteiger partial charge in [0.25, 0.3) is 11.8 Å². The second-order valence-corrected chi connectivity index (χ2v) is 5.51. The SMILES string of the molecule is O=C1NCCc2c(NC(=O)c3ccn4ccccc34)cccc21. The van der Waals surface area contributed by atoms with Gasteiger partial charge in [-0.15, -0.1) is 0 Å². The molecule has 3 heterocycles. The summed E-state index contributed by atoms with van der Waals surface area (Å²) in [6, 6.07) is 12.9. The molecule has 2 aromatic heterocycles. The van der Waals surface area contributed by atoms with Crippen LogP contribution in [-0.2, 0) is 6.42 Å². The topological polar surface area (TPSA) is 62.6 Å². The molecule has 0 aliphatic carbocycles. The fraction of sp³-hybridized carbons (Fsp3) is 0.111. The van der Waals surface area contributed by atoms with Gasteiger partial charge in [-0.25, -0.2) is 0 Å². The number of carbonyl (C=O) groups excluding carboxylic acids is 2. The molecule has 4 rings (SSSR count). The standard InChI is InChI=1S/C18H15N3O2/c22-17-13-4-3-5-15(12(13)7-9-19-17)20-18(23)14-8-11-21-10-2-1-6-16(14)21/h1-6,8,10-11H,7,9H2,(H,19,22)(H,20,23). The van der Waals surface area contributed by atoms with Crippen LogP contribution in [0.15, 0.2) is 54.9 Å². The van der Waals surface area contributed by atoms with E-state index in [0.717, 1.165) is 11.1 Å². The highest BCUT2D eigenvalue weighted by atomic mass is 16.2. The van der Waals surface area contributed by atoms with Crippen molar-refractivity contribution >= 4 is 23.0 Å². The summed E-state index contributed by atoms with van der Waals surface area (Å²) in [5, 5.41) is 5.77. The lowest BCUT2D eigenvalue weighted by Crippen LogP contribution is -2.32. The first-order valence-electron chi connectivity index (χ1n) is 7.51. The molecule has 0 radical (unpaired) electrons. The third-order valence-electron chi connectivity index (χ3n) is 4.14. The van der Waals surface area contributed by atoms with E-state index in [-0.39, 0.29) is 11.8 Å².